The van der Waals surface area contributed by atoms with Gasteiger partial charge in [-0.15, -0.1) is 0 Å². The highest BCUT2D eigenvalue weighted by molar-refractivity contribution is 5.94. The van der Waals surface area contributed by atoms with Gasteiger partial charge < -0.3 is 28.4 Å². The fourth-order valence-corrected chi connectivity index (χ4v) is 4.38. The summed E-state index contributed by atoms with van der Waals surface area (Å²) in [6.45, 7) is 7.79. The van der Waals surface area contributed by atoms with Crippen LogP contribution in [0.25, 0.3) is 0 Å². The van der Waals surface area contributed by atoms with Gasteiger partial charge in [-0.05, 0) is 26.8 Å². The fraction of sp³-hybridized carbons (Fsp3) is 0.652. The van der Waals surface area contributed by atoms with Gasteiger partial charge in [0.05, 0.1) is 12.2 Å². The largest absolute Gasteiger partial charge is 0.461 e. The van der Waals surface area contributed by atoms with E-state index < -0.39 is 59.5 Å². The third-order valence-electron chi connectivity index (χ3n) is 6.28. The molecule has 0 spiro atoms. The molecule has 2 fully saturated rings. The molecule has 3 aliphatic heterocycles. The molecule has 0 bridgehead atoms. The van der Waals surface area contributed by atoms with Crippen LogP contribution in [0.15, 0.2) is 22.8 Å². The van der Waals surface area contributed by atoms with Gasteiger partial charge in [0.1, 0.15) is 30.5 Å². The minimum atomic E-state index is -1.03. The van der Waals surface area contributed by atoms with Crippen molar-refractivity contribution in [2.45, 2.75) is 83.1 Å². The van der Waals surface area contributed by atoms with Crippen LogP contribution in [0, 0.1) is 0 Å². The molecular formula is C23H28O10. The minimum Gasteiger partial charge on any atom is -0.461 e. The molecule has 33 heavy (non-hydrogen) atoms. The average molecular weight is 464 g/mol. The number of carbonyl (C=O) groups is 4. The lowest BCUT2D eigenvalue weighted by molar-refractivity contribution is -0.153. The Labute approximate surface area is 191 Å². The van der Waals surface area contributed by atoms with Crippen molar-refractivity contribution in [3.63, 3.8) is 0 Å². The first-order valence-electron chi connectivity index (χ1n) is 10.9. The van der Waals surface area contributed by atoms with Crippen molar-refractivity contribution in [3.8, 4) is 0 Å². The number of epoxide rings is 2. The van der Waals surface area contributed by atoms with Crippen molar-refractivity contribution in [2.75, 3.05) is 13.2 Å². The van der Waals surface area contributed by atoms with E-state index in [0.29, 0.717) is 12.0 Å². The summed E-state index contributed by atoms with van der Waals surface area (Å²) in [6.07, 6.45) is -0.428. The molecule has 0 saturated carbocycles. The Bertz CT molecular complexity index is 958. The number of carbonyl (C=O) groups excluding carboxylic acids is 4. The summed E-state index contributed by atoms with van der Waals surface area (Å²) in [4.78, 5) is 48.6. The van der Waals surface area contributed by atoms with Gasteiger partial charge in [-0.3, -0.25) is 9.59 Å². The Balaban J connectivity index is 1.74. The van der Waals surface area contributed by atoms with Gasteiger partial charge in [0.25, 0.3) is 0 Å². The molecule has 6 atom stereocenters. The normalized spacial score (nSPS) is 38.7. The molecule has 2 saturated heterocycles. The van der Waals surface area contributed by atoms with Crippen LogP contribution in [0.1, 0.15) is 47.5 Å². The number of hydrogen-bond donors (Lipinski definition) is 0. The number of rotatable bonds is 5. The monoisotopic (exact) mass is 464 g/mol. The molecule has 0 aromatic carbocycles. The minimum absolute atomic E-state index is 0.137. The smallest absolute Gasteiger partial charge is 0.341 e. The third kappa shape index (κ3) is 4.81. The number of fused-ring (bicyclic) bond motifs is 3. The van der Waals surface area contributed by atoms with E-state index in [1.165, 1.54) is 13.8 Å². The van der Waals surface area contributed by atoms with Gasteiger partial charge in [-0.25, -0.2) is 9.59 Å². The van der Waals surface area contributed by atoms with Crippen LogP contribution in [-0.2, 0) is 47.6 Å². The molecule has 1 aliphatic carbocycles. The summed E-state index contributed by atoms with van der Waals surface area (Å²) < 4.78 is 33.2. The molecular weight excluding hydrogens is 436 g/mol. The Morgan fingerprint density at radius 3 is 2.45 bits per heavy atom. The summed E-state index contributed by atoms with van der Waals surface area (Å²) in [7, 11) is 0. The highest BCUT2D eigenvalue weighted by atomic mass is 16.7. The highest BCUT2D eigenvalue weighted by Crippen LogP contribution is 2.49. The Morgan fingerprint density at radius 1 is 1.15 bits per heavy atom. The van der Waals surface area contributed by atoms with Gasteiger partial charge >= 0.3 is 23.9 Å². The molecule has 3 heterocycles. The summed E-state index contributed by atoms with van der Waals surface area (Å²) in [5.41, 5.74) is -0.431. The first-order chi connectivity index (χ1) is 15.4. The lowest BCUT2D eigenvalue weighted by Gasteiger charge is -2.27. The van der Waals surface area contributed by atoms with Crippen molar-refractivity contribution in [2.24, 2.45) is 0 Å². The average Bonchev–Trinajstić information content (AvgIpc) is 3.56. The number of esters is 4. The number of ether oxygens (including phenoxy) is 6. The van der Waals surface area contributed by atoms with E-state index in [4.69, 9.17) is 28.4 Å². The first kappa shape index (κ1) is 23.4. The molecule has 4 aliphatic rings. The van der Waals surface area contributed by atoms with Crippen LogP contribution >= 0.6 is 0 Å². The van der Waals surface area contributed by atoms with Crippen molar-refractivity contribution in [3.05, 3.63) is 22.8 Å². The maximum absolute atomic E-state index is 12.8. The second kappa shape index (κ2) is 8.25. The second-order valence-electron chi connectivity index (χ2n) is 9.37. The standard InChI is InChI=1S/C23H28O10/c1-11-6-14(30-13(3)25)8-22(4)19(33-22)18-17(15(20(26)32-18)9-28-12(2)24)16(7-11)31-21(27)23(5)10-29-23/h6,14,16,18-19H,7-10H2,1-5H3/b11-6+/t14-,16-,18+,19-,22-,23-/m1/s1. The molecule has 0 radical (unpaired) electrons. The zero-order valence-electron chi connectivity index (χ0n) is 19.3. The SMILES string of the molecule is CC(=O)OCC1=C2[C@H](OC(=O)[C@@]3(C)CO3)C/C(C)=C/[C@@H](OC(C)=O)C[C@@]3(C)O[C@@H]3[C@H]2OC1=O. The van der Waals surface area contributed by atoms with Crippen molar-refractivity contribution in [1.82, 2.24) is 0 Å². The maximum Gasteiger partial charge on any atom is 0.341 e. The predicted octanol–water partition coefficient (Wildman–Crippen LogP) is 1.30. The first-order valence-corrected chi connectivity index (χ1v) is 10.9. The molecule has 0 aromatic heterocycles. The van der Waals surface area contributed by atoms with E-state index in [-0.39, 0.29) is 25.2 Å². The van der Waals surface area contributed by atoms with Crippen LogP contribution in [0.5, 0.6) is 0 Å². The van der Waals surface area contributed by atoms with Gasteiger partial charge in [0, 0.05) is 32.3 Å². The van der Waals surface area contributed by atoms with E-state index >= 15 is 0 Å². The predicted molar refractivity (Wildman–Crippen MR) is 110 cm³/mol. The molecule has 10 nitrogen and oxygen atoms in total. The third-order valence-corrected chi connectivity index (χ3v) is 6.28. The maximum atomic E-state index is 12.8. The fourth-order valence-electron chi connectivity index (χ4n) is 4.38. The van der Waals surface area contributed by atoms with E-state index in [2.05, 4.69) is 0 Å². The molecule has 0 aromatic rings. The zero-order valence-corrected chi connectivity index (χ0v) is 19.3. The van der Waals surface area contributed by atoms with Gasteiger partial charge in [0.15, 0.2) is 11.7 Å². The van der Waals surface area contributed by atoms with Crippen molar-refractivity contribution < 1.29 is 47.6 Å². The lowest BCUT2D eigenvalue weighted by atomic mass is 9.86. The quantitative estimate of drug-likeness (QED) is 0.254. The molecule has 0 amide bonds. The summed E-state index contributed by atoms with van der Waals surface area (Å²) in [6, 6.07) is 0. The van der Waals surface area contributed by atoms with Crippen LogP contribution in [0.3, 0.4) is 0 Å². The van der Waals surface area contributed by atoms with Crippen molar-refractivity contribution in [1.29, 1.82) is 0 Å². The second-order valence-corrected chi connectivity index (χ2v) is 9.37. The van der Waals surface area contributed by atoms with Crippen LogP contribution in [-0.4, -0.2) is 72.7 Å². The summed E-state index contributed by atoms with van der Waals surface area (Å²) in [5.74, 6) is -2.20. The van der Waals surface area contributed by atoms with Gasteiger partial charge in [-0.1, -0.05) is 5.57 Å². The van der Waals surface area contributed by atoms with Crippen molar-refractivity contribution >= 4 is 23.9 Å². The van der Waals surface area contributed by atoms with Crippen LogP contribution in [0.2, 0.25) is 0 Å². The van der Waals surface area contributed by atoms with E-state index in [1.54, 1.807) is 13.0 Å². The van der Waals surface area contributed by atoms with E-state index in [1.807, 2.05) is 13.8 Å². The molecule has 180 valence electrons. The van der Waals surface area contributed by atoms with Gasteiger partial charge in [0.2, 0.25) is 0 Å². The van der Waals surface area contributed by atoms with Crippen LogP contribution < -0.4 is 0 Å². The lowest BCUT2D eigenvalue weighted by Crippen LogP contribution is -2.37. The Hall–Kier alpha value is -2.72. The molecule has 4 rings (SSSR count). The van der Waals surface area contributed by atoms with E-state index in [9.17, 15) is 19.2 Å². The molecule has 10 heteroatoms. The summed E-state index contributed by atoms with van der Waals surface area (Å²) >= 11 is 0. The molecule has 0 unspecified atom stereocenters. The zero-order chi connectivity index (χ0) is 24.1. The number of hydrogen-bond acceptors (Lipinski definition) is 10. The van der Waals surface area contributed by atoms with Gasteiger partial charge in [-0.2, -0.15) is 0 Å². The van der Waals surface area contributed by atoms with E-state index in [0.717, 1.165) is 5.57 Å². The Kier molecular flexibility index (Phi) is 5.86. The van der Waals surface area contributed by atoms with Crippen LogP contribution in [0.4, 0.5) is 0 Å². The molecule has 0 N–H and O–H groups in total. The topological polar surface area (TPSA) is 130 Å². The Morgan fingerprint density at radius 2 is 1.85 bits per heavy atom. The highest BCUT2D eigenvalue weighted by Gasteiger charge is 2.63. The summed E-state index contributed by atoms with van der Waals surface area (Å²) in [5, 5.41) is 0.